The predicted molar refractivity (Wildman–Crippen MR) is 41.6 cm³/mol. The molecule has 0 unspecified atom stereocenters. The van der Waals surface area contributed by atoms with Crippen LogP contribution in [0.1, 0.15) is 17.7 Å². The molecular weight excluding hydrogens is 122 g/mol. The fourth-order valence-electron chi connectivity index (χ4n) is 1.20. The normalized spacial score (nSPS) is 14.8. The lowest BCUT2D eigenvalue weighted by molar-refractivity contribution is 1.01. The highest BCUT2D eigenvalue weighted by Gasteiger charge is 1.96. The number of nitrogens with zero attached hydrogens (tertiary/aromatic N) is 1. The Kier molecular flexibility index (Phi) is 1.28. The van der Waals surface area contributed by atoms with E-state index in [0.717, 1.165) is 18.5 Å². The van der Waals surface area contributed by atoms with Crippen LogP contribution in [-0.2, 0) is 6.42 Å². The summed E-state index contributed by atoms with van der Waals surface area (Å²) < 4.78 is 0. The summed E-state index contributed by atoms with van der Waals surface area (Å²) in [6.07, 6.45) is 8.44. The van der Waals surface area contributed by atoms with Gasteiger partial charge in [-0.15, -0.1) is 0 Å². The first-order valence-electron chi connectivity index (χ1n) is 3.56. The molecule has 0 saturated heterocycles. The van der Waals surface area contributed by atoms with Crippen LogP contribution in [0.15, 0.2) is 24.4 Å². The molecule has 1 nitrogen and oxygen atoms in total. The molecule has 1 heteroatoms. The van der Waals surface area contributed by atoms with E-state index in [1.165, 1.54) is 5.56 Å². The smallest absolute Gasteiger partial charge is 0.0629 e. The summed E-state index contributed by atoms with van der Waals surface area (Å²) in [5.74, 6) is 0. The largest absolute Gasteiger partial charge is 0.257 e. The predicted octanol–water partition coefficient (Wildman–Crippen LogP) is 2.04. The Morgan fingerprint density at radius 3 is 3.40 bits per heavy atom. The number of pyridine rings is 1. The van der Waals surface area contributed by atoms with E-state index in [9.17, 15) is 0 Å². The van der Waals surface area contributed by atoms with Gasteiger partial charge in [0.25, 0.3) is 0 Å². The van der Waals surface area contributed by atoms with Gasteiger partial charge in [-0.25, -0.2) is 0 Å². The van der Waals surface area contributed by atoms with Crippen molar-refractivity contribution in [2.24, 2.45) is 0 Å². The van der Waals surface area contributed by atoms with Crippen molar-refractivity contribution in [3.8, 4) is 0 Å². The number of fused-ring (bicyclic) bond motifs is 2. The zero-order valence-electron chi connectivity index (χ0n) is 5.75. The summed E-state index contributed by atoms with van der Waals surface area (Å²) in [7, 11) is 0. The maximum atomic E-state index is 4.18. The lowest BCUT2D eigenvalue weighted by Gasteiger charge is -1.94. The monoisotopic (exact) mass is 131 g/mol. The second-order valence-electron chi connectivity index (χ2n) is 2.53. The van der Waals surface area contributed by atoms with Gasteiger partial charge in [-0.3, -0.25) is 4.98 Å². The number of aryl methyl sites for hydroxylation is 1. The summed E-state index contributed by atoms with van der Waals surface area (Å²) in [6.45, 7) is 0. The van der Waals surface area contributed by atoms with Crippen molar-refractivity contribution in [1.82, 2.24) is 4.98 Å². The minimum absolute atomic E-state index is 1.09. The minimum atomic E-state index is 1.09. The highest BCUT2D eigenvalue weighted by atomic mass is 14.7. The Morgan fingerprint density at radius 2 is 2.40 bits per heavy atom. The van der Waals surface area contributed by atoms with E-state index in [4.69, 9.17) is 0 Å². The molecule has 0 amide bonds. The summed E-state index contributed by atoms with van der Waals surface area (Å²) in [5, 5.41) is 0. The summed E-state index contributed by atoms with van der Waals surface area (Å²) in [6, 6.07) is 4.22. The van der Waals surface area contributed by atoms with E-state index >= 15 is 0 Å². The molecule has 1 aromatic heterocycles. The van der Waals surface area contributed by atoms with E-state index in [0.29, 0.717) is 0 Å². The van der Waals surface area contributed by atoms with Crippen molar-refractivity contribution in [3.05, 3.63) is 35.7 Å². The van der Waals surface area contributed by atoms with Crippen molar-refractivity contribution < 1.29 is 0 Å². The molecule has 0 spiro atoms. The van der Waals surface area contributed by atoms with Crippen molar-refractivity contribution >= 4 is 6.08 Å². The quantitative estimate of drug-likeness (QED) is 0.525. The highest BCUT2D eigenvalue weighted by Crippen LogP contribution is 2.11. The van der Waals surface area contributed by atoms with Crippen LogP contribution in [0, 0.1) is 0 Å². The van der Waals surface area contributed by atoms with Gasteiger partial charge in [0.1, 0.15) is 0 Å². The van der Waals surface area contributed by atoms with E-state index < -0.39 is 0 Å². The zero-order valence-corrected chi connectivity index (χ0v) is 5.75. The Morgan fingerprint density at radius 1 is 1.40 bits per heavy atom. The minimum Gasteiger partial charge on any atom is -0.257 e. The lowest BCUT2D eigenvalue weighted by Crippen LogP contribution is -1.82. The first kappa shape index (κ1) is 5.66. The summed E-state index contributed by atoms with van der Waals surface area (Å²) in [4.78, 5) is 4.18. The fourth-order valence-corrected chi connectivity index (χ4v) is 1.20. The van der Waals surface area contributed by atoms with Crippen LogP contribution in [-0.4, -0.2) is 4.98 Å². The molecule has 1 heterocycles. The molecule has 0 fully saturated rings. The lowest BCUT2D eigenvalue weighted by atomic mass is 10.2. The Labute approximate surface area is 60.4 Å². The third kappa shape index (κ3) is 0.947. The van der Waals surface area contributed by atoms with Gasteiger partial charge in [-0.1, -0.05) is 6.08 Å². The number of aromatic nitrogens is 1. The second-order valence-corrected chi connectivity index (χ2v) is 2.53. The molecule has 0 radical (unpaired) electrons. The standard InChI is InChI=1S/C9H9N/c1-2-4-9-7-8(3-1)5-6-10-9/h2,4-7H,1,3H2. The third-order valence-corrected chi connectivity index (χ3v) is 1.73. The van der Waals surface area contributed by atoms with Crippen LogP contribution in [0.5, 0.6) is 0 Å². The van der Waals surface area contributed by atoms with Crippen LogP contribution in [0.25, 0.3) is 6.08 Å². The molecule has 0 saturated carbocycles. The average molecular weight is 131 g/mol. The first-order valence-corrected chi connectivity index (χ1v) is 3.56. The molecule has 2 bridgehead atoms. The van der Waals surface area contributed by atoms with Gasteiger partial charge >= 0.3 is 0 Å². The molecule has 0 aliphatic heterocycles. The summed E-state index contributed by atoms with van der Waals surface area (Å²) >= 11 is 0. The fraction of sp³-hybridized carbons (Fsp3) is 0.222. The van der Waals surface area contributed by atoms with Crippen LogP contribution in [0.4, 0.5) is 0 Å². The van der Waals surface area contributed by atoms with Crippen molar-refractivity contribution in [2.45, 2.75) is 12.8 Å². The van der Waals surface area contributed by atoms with Crippen molar-refractivity contribution in [1.29, 1.82) is 0 Å². The molecule has 0 atom stereocenters. The van der Waals surface area contributed by atoms with Crippen LogP contribution < -0.4 is 0 Å². The van der Waals surface area contributed by atoms with Gasteiger partial charge < -0.3 is 0 Å². The Hall–Kier alpha value is -1.11. The molecular formula is C9H9N. The molecule has 50 valence electrons. The van der Waals surface area contributed by atoms with Crippen LogP contribution in [0.2, 0.25) is 0 Å². The topological polar surface area (TPSA) is 12.9 Å². The van der Waals surface area contributed by atoms with Crippen molar-refractivity contribution in [3.63, 3.8) is 0 Å². The van der Waals surface area contributed by atoms with E-state index in [1.54, 1.807) is 0 Å². The van der Waals surface area contributed by atoms with Gasteiger partial charge in [0.2, 0.25) is 0 Å². The maximum absolute atomic E-state index is 4.18. The average Bonchev–Trinajstić information content (AvgIpc) is 2.12. The van der Waals surface area contributed by atoms with Gasteiger partial charge in [0.15, 0.2) is 0 Å². The number of allylic oxidation sites excluding steroid dienone is 1. The summed E-state index contributed by atoms with van der Waals surface area (Å²) in [5.41, 5.74) is 2.49. The SMILES string of the molecule is C1=Cc2cc(ccn2)CC1. The van der Waals surface area contributed by atoms with Crippen molar-refractivity contribution in [2.75, 3.05) is 0 Å². The highest BCUT2D eigenvalue weighted by molar-refractivity contribution is 5.47. The molecule has 1 aliphatic rings. The van der Waals surface area contributed by atoms with Gasteiger partial charge in [0.05, 0.1) is 5.69 Å². The Balaban J connectivity index is 2.53. The Bertz CT molecular complexity index is 263. The second kappa shape index (κ2) is 2.25. The van der Waals surface area contributed by atoms with Crippen LogP contribution >= 0.6 is 0 Å². The van der Waals surface area contributed by atoms with E-state index in [1.807, 2.05) is 6.20 Å². The molecule has 0 aromatic carbocycles. The van der Waals surface area contributed by atoms with Crippen LogP contribution in [0.3, 0.4) is 0 Å². The zero-order chi connectivity index (χ0) is 6.81. The number of hydrogen-bond acceptors (Lipinski definition) is 1. The van der Waals surface area contributed by atoms with Gasteiger partial charge in [-0.2, -0.15) is 0 Å². The molecule has 0 N–H and O–H groups in total. The van der Waals surface area contributed by atoms with E-state index in [2.05, 4.69) is 29.3 Å². The maximum Gasteiger partial charge on any atom is 0.0629 e. The van der Waals surface area contributed by atoms with E-state index in [-0.39, 0.29) is 0 Å². The third-order valence-electron chi connectivity index (χ3n) is 1.73. The van der Waals surface area contributed by atoms with Gasteiger partial charge in [0, 0.05) is 6.20 Å². The number of hydrogen-bond donors (Lipinski definition) is 0. The molecule has 1 aromatic rings. The van der Waals surface area contributed by atoms with Gasteiger partial charge in [-0.05, 0) is 36.6 Å². The first-order chi connectivity index (χ1) is 4.95. The molecule has 1 aliphatic carbocycles. The number of rotatable bonds is 0. The molecule has 2 rings (SSSR count). The molecule has 10 heavy (non-hydrogen) atoms.